The van der Waals surface area contributed by atoms with Crippen molar-refractivity contribution in [3.8, 4) is 55.6 Å². The molecule has 0 radical (unpaired) electrons. The Kier molecular flexibility index (Phi) is 7.96. The van der Waals surface area contributed by atoms with Gasteiger partial charge in [-0.15, -0.1) is 0 Å². The van der Waals surface area contributed by atoms with Crippen LogP contribution >= 0.6 is 0 Å². The van der Waals surface area contributed by atoms with Crippen molar-refractivity contribution in [2.45, 2.75) is 38.5 Å². The van der Waals surface area contributed by atoms with Crippen LogP contribution in [0, 0.1) is 0 Å². The number of hydrogen-bond donors (Lipinski definition) is 0. The smallest absolute Gasteiger partial charge is 0.136 e. The summed E-state index contributed by atoms with van der Waals surface area (Å²) in [5.74, 6) is 0. The molecule has 2 heteroatoms. The van der Waals surface area contributed by atoms with Crippen molar-refractivity contribution in [3.05, 3.63) is 222 Å². The number of benzene rings is 9. The monoisotopic (exact) mass is 795 g/mol. The molecule has 1 heterocycles. The Bertz CT molecular complexity index is 3240. The maximum absolute atomic E-state index is 6.30. The first kappa shape index (κ1) is 36.4. The van der Waals surface area contributed by atoms with E-state index in [2.05, 4.69) is 221 Å². The van der Waals surface area contributed by atoms with Gasteiger partial charge in [-0.1, -0.05) is 161 Å². The molecule has 0 atom stereocenters. The van der Waals surface area contributed by atoms with Crippen molar-refractivity contribution in [2.24, 2.45) is 0 Å². The Balaban J connectivity index is 0.972. The maximum atomic E-state index is 6.30. The molecular formula is C60H45NO. The van der Waals surface area contributed by atoms with Crippen LogP contribution in [0.4, 0.5) is 17.1 Å². The van der Waals surface area contributed by atoms with E-state index < -0.39 is 0 Å². The van der Waals surface area contributed by atoms with Gasteiger partial charge >= 0.3 is 0 Å². The van der Waals surface area contributed by atoms with Crippen molar-refractivity contribution in [3.63, 3.8) is 0 Å². The van der Waals surface area contributed by atoms with Gasteiger partial charge in [-0.05, 0) is 145 Å². The van der Waals surface area contributed by atoms with Gasteiger partial charge in [-0.25, -0.2) is 0 Å². The highest BCUT2D eigenvalue weighted by Gasteiger charge is 2.38. The minimum absolute atomic E-state index is 0.186. The van der Waals surface area contributed by atoms with Gasteiger partial charge < -0.3 is 9.32 Å². The summed E-state index contributed by atoms with van der Waals surface area (Å²) >= 11 is 0. The van der Waals surface area contributed by atoms with Crippen LogP contribution in [-0.2, 0) is 10.8 Å². The molecule has 9 aromatic carbocycles. The summed E-state index contributed by atoms with van der Waals surface area (Å²) < 4.78 is 6.30. The normalized spacial score (nSPS) is 14.1. The molecule has 1 aromatic heterocycles. The molecule has 0 amide bonds. The highest BCUT2D eigenvalue weighted by molar-refractivity contribution is 6.06. The van der Waals surface area contributed by atoms with E-state index in [4.69, 9.17) is 4.42 Å². The van der Waals surface area contributed by atoms with Crippen LogP contribution < -0.4 is 4.90 Å². The van der Waals surface area contributed by atoms with Crippen molar-refractivity contribution >= 4 is 39.0 Å². The standard InChI is InChI=1S/C60H45NO/c1-59(2)53-33-41(38-13-7-5-8-14-38)21-28-47(53)49-31-26-45(36-55(49)59)61(44-24-19-40(20-25-44)43-23-30-52-51-17-11-12-18-57(51)62-58(52)35-43)46-27-32-50-48-29-22-42(39-15-9-6-10-16-39)34-54(48)60(3,4)56(50)37-46/h5-37H,1-4H3. The minimum Gasteiger partial charge on any atom is -0.456 e. The number of hydrogen-bond acceptors (Lipinski definition) is 2. The third-order valence-corrected chi connectivity index (χ3v) is 13.9. The second kappa shape index (κ2) is 13.5. The summed E-state index contributed by atoms with van der Waals surface area (Å²) in [6.45, 7) is 9.53. The quantitative estimate of drug-likeness (QED) is 0.167. The molecule has 0 fully saturated rings. The number of furan rings is 1. The van der Waals surface area contributed by atoms with Crippen molar-refractivity contribution in [1.29, 1.82) is 0 Å². The molecule has 2 nitrogen and oxygen atoms in total. The Morgan fingerprint density at radius 1 is 0.306 bits per heavy atom. The Morgan fingerprint density at radius 2 is 0.694 bits per heavy atom. The molecule has 0 unspecified atom stereocenters. The van der Waals surface area contributed by atoms with Crippen LogP contribution in [0.5, 0.6) is 0 Å². The molecule has 0 bridgehead atoms. The molecule has 0 aliphatic heterocycles. The topological polar surface area (TPSA) is 16.4 Å². The third kappa shape index (κ3) is 5.56. The number of fused-ring (bicyclic) bond motifs is 9. The SMILES string of the molecule is CC1(C)c2cc(-c3ccccc3)ccc2-c2ccc(N(c3ccc(-c4ccc5c(c4)oc4ccccc45)cc3)c3ccc4c(c3)C(C)(C)c3cc(-c5ccccc5)ccc3-4)cc21. The zero-order valence-electron chi connectivity index (χ0n) is 35.4. The number of rotatable bonds is 6. The molecular weight excluding hydrogens is 751 g/mol. The summed E-state index contributed by atoms with van der Waals surface area (Å²) in [6, 6.07) is 73.6. The highest BCUT2D eigenvalue weighted by atomic mass is 16.3. The Morgan fingerprint density at radius 3 is 1.24 bits per heavy atom. The fraction of sp³-hybridized carbons (Fsp3) is 0.100. The third-order valence-electron chi connectivity index (χ3n) is 13.9. The molecule has 0 saturated carbocycles. The van der Waals surface area contributed by atoms with Gasteiger partial charge in [0.25, 0.3) is 0 Å². The number of anilines is 3. The lowest BCUT2D eigenvalue weighted by molar-refractivity contribution is 0.660. The molecule has 0 spiro atoms. The van der Waals surface area contributed by atoms with Crippen LogP contribution in [0.25, 0.3) is 77.6 Å². The van der Waals surface area contributed by atoms with Crippen LogP contribution in [0.3, 0.4) is 0 Å². The van der Waals surface area contributed by atoms with E-state index in [1.54, 1.807) is 0 Å². The average Bonchev–Trinajstić information content (AvgIpc) is 3.88. The molecule has 0 saturated heterocycles. The average molecular weight is 796 g/mol. The van der Waals surface area contributed by atoms with E-state index >= 15 is 0 Å². The van der Waals surface area contributed by atoms with Crippen molar-refractivity contribution in [1.82, 2.24) is 0 Å². The second-order valence-electron chi connectivity index (χ2n) is 18.2. The van der Waals surface area contributed by atoms with Gasteiger partial charge in [0, 0.05) is 38.7 Å². The largest absolute Gasteiger partial charge is 0.456 e. The van der Waals surface area contributed by atoms with Crippen LogP contribution in [0.2, 0.25) is 0 Å². The predicted octanol–water partition coefficient (Wildman–Crippen LogP) is 16.7. The summed E-state index contributed by atoms with van der Waals surface area (Å²) in [6.07, 6.45) is 0. The fourth-order valence-electron chi connectivity index (χ4n) is 10.5. The predicted molar refractivity (Wildman–Crippen MR) is 260 cm³/mol. The van der Waals surface area contributed by atoms with Crippen LogP contribution in [0.15, 0.2) is 205 Å². The molecule has 296 valence electrons. The summed E-state index contributed by atoms with van der Waals surface area (Å²) in [5.41, 5.74) is 22.8. The van der Waals surface area contributed by atoms with Gasteiger partial charge in [0.1, 0.15) is 11.2 Å². The first-order valence-corrected chi connectivity index (χ1v) is 21.7. The lowest BCUT2D eigenvalue weighted by Crippen LogP contribution is -2.18. The minimum atomic E-state index is -0.186. The van der Waals surface area contributed by atoms with Gasteiger partial charge in [0.15, 0.2) is 0 Å². The van der Waals surface area contributed by atoms with Gasteiger partial charge in [-0.3, -0.25) is 0 Å². The zero-order valence-corrected chi connectivity index (χ0v) is 35.4. The first-order valence-electron chi connectivity index (χ1n) is 21.7. The molecule has 0 N–H and O–H groups in total. The van der Waals surface area contributed by atoms with E-state index in [-0.39, 0.29) is 10.8 Å². The van der Waals surface area contributed by atoms with Crippen LogP contribution in [-0.4, -0.2) is 0 Å². The van der Waals surface area contributed by atoms with E-state index in [1.165, 1.54) is 66.8 Å². The van der Waals surface area contributed by atoms with Gasteiger partial charge in [0.2, 0.25) is 0 Å². The van der Waals surface area contributed by atoms with Gasteiger partial charge in [-0.2, -0.15) is 0 Å². The van der Waals surface area contributed by atoms with E-state index in [9.17, 15) is 0 Å². The molecule has 12 rings (SSSR count). The van der Waals surface area contributed by atoms with Gasteiger partial charge in [0.05, 0.1) is 0 Å². The lowest BCUT2D eigenvalue weighted by atomic mass is 9.81. The Labute approximate surface area is 363 Å². The maximum Gasteiger partial charge on any atom is 0.136 e. The second-order valence-corrected chi connectivity index (χ2v) is 18.2. The summed E-state index contributed by atoms with van der Waals surface area (Å²) in [7, 11) is 0. The van der Waals surface area contributed by atoms with Crippen LogP contribution in [0.1, 0.15) is 49.9 Å². The summed E-state index contributed by atoms with van der Waals surface area (Å²) in [4.78, 5) is 2.45. The first-order chi connectivity index (χ1) is 30.2. The number of nitrogens with zero attached hydrogens (tertiary/aromatic N) is 1. The van der Waals surface area contributed by atoms with Crippen molar-refractivity contribution < 1.29 is 4.42 Å². The van der Waals surface area contributed by atoms with E-state index in [1.807, 2.05) is 12.1 Å². The highest BCUT2D eigenvalue weighted by Crippen LogP contribution is 2.54. The zero-order chi connectivity index (χ0) is 41.7. The molecule has 2 aliphatic carbocycles. The summed E-state index contributed by atoms with van der Waals surface area (Å²) in [5, 5.41) is 2.29. The number of para-hydroxylation sites is 1. The molecule has 62 heavy (non-hydrogen) atoms. The molecule has 10 aromatic rings. The van der Waals surface area contributed by atoms with Crippen molar-refractivity contribution in [2.75, 3.05) is 4.90 Å². The molecule has 2 aliphatic rings. The van der Waals surface area contributed by atoms with E-state index in [0.29, 0.717) is 0 Å². The lowest BCUT2D eigenvalue weighted by Gasteiger charge is -2.30. The fourth-order valence-corrected chi connectivity index (χ4v) is 10.5. The Hall–Kier alpha value is -7.42. The van der Waals surface area contributed by atoms with E-state index in [0.717, 1.165) is 50.1 Å².